The Hall–Kier alpha value is -0.593. The molecule has 0 aliphatic heterocycles. The van der Waals surface area contributed by atoms with Gasteiger partial charge >= 0.3 is 6.09 Å². The van der Waals surface area contributed by atoms with E-state index in [4.69, 9.17) is 15.2 Å². The molecule has 0 unspecified atom stereocenters. The van der Waals surface area contributed by atoms with E-state index in [1.54, 1.807) is 7.11 Å². The third-order valence-corrected chi connectivity index (χ3v) is 4.50. The van der Waals surface area contributed by atoms with Crippen LogP contribution in [0.2, 0.25) is 25.7 Å². The SMILES string of the molecule is COCCC[C@H](N)CCNC(=O)OCC[Si](C)(C)C. The summed E-state index contributed by atoms with van der Waals surface area (Å²) in [5, 5.41) is 2.73. The Morgan fingerprint density at radius 1 is 1.26 bits per heavy atom. The molecule has 1 amide bonds. The predicted octanol–water partition coefficient (Wildman–Crippen LogP) is 2.19. The Morgan fingerprint density at radius 2 is 1.95 bits per heavy atom. The predicted molar refractivity (Wildman–Crippen MR) is 81.2 cm³/mol. The van der Waals surface area contributed by atoms with Gasteiger partial charge in [-0.1, -0.05) is 19.6 Å². The molecule has 5 nitrogen and oxygen atoms in total. The maximum atomic E-state index is 11.4. The van der Waals surface area contributed by atoms with Crippen molar-refractivity contribution in [2.24, 2.45) is 5.73 Å². The van der Waals surface area contributed by atoms with Crippen molar-refractivity contribution < 1.29 is 14.3 Å². The minimum Gasteiger partial charge on any atom is -0.450 e. The minimum absolute atomic E-state index is 0.109. The second kappa shape index (κ2) is 10.2. The Bertz CT molecular complexity index is 245. The van der Waals surface area contributed by atoms with Gasteiger partial charge in [0.25, 0.3) is 0 Å². The van der Waals surface area contributed by atoms with E-state index < -0.39 is 8.07 Å². The molecule has 6 heteroatoms. The molecule has 0 saturated heterocycles. The summed E-state index contributed by atoms with van der Waals surface area (Å²) in [6.45, 7) is 8.59. The van der Waals surface area contributed by atoms with Gasteiger partial charge in [-0.3, -0.25) is 0 Å². The summed E-state index contributed by atoms with van der Waals surface area (Å²) in [4.78, 5) is 11.4. The normalized spacial score (nSPS) is 13.1. The first-order chi connectivity index (χ1) is 8.85. The van der Waals surface area contributed by atoms with Gasteiger partial charge in [-0.05, 0) is 25.3 Å². The van der Waals surface area contributed by atoms with Crippen LogP contribution in [0.25, 0.3) is 0 Å². The van der Waals surface area contributed by atoms with Crippen LogP contribution in [0, 0.1) is 0 Å². The van der Waals surface area contributed by atoms with Crippen LogP contribution in [0.5, 0.6) is 0 Å². The first-order valence-corrected chi connectivity index (χ1v) is 10.7. The van der Waals surface area contributed by atoms with Crippen LogP contribution in [-0.4, -0.2) is 47.1 Å². The first-order valence-electron chi connectivity index (χ1n) is 7.00. The molecule has 0 aromatic rings. The molecule has 0 radical (unpaired) electrons. The lowest BCUT2D eigenvalue weighted by atomic mass is 10.1. The molecule has 0 spiro atoms. The molecule has 0 aromatic heterocycles. The third-order valence-electron chi connectivity index (χ3n) is 2.79. The van der Waals surface area contributed by atoms with Crippen molar-refractivity contribution in [3.63, 3.8) is 0 Å². The maximum Gasteiger partial charge on any atom is 0.407 e. The smallest absolute Gasteiger partial charge is 0.407 e. The summed E-state index contributed by atoms with van der Waals surface area (Å²) in [5.74, 6) is 0. The summed E-state index contributed by atoms with van der Waals surface area (Å²) >= 11 is 0. The standard InChI is InChI=1S/C13H30N2O3Si/c1-17-9-5-6-12(14)7-8-15-13(16)18-10-11-19(2,3)4/h12H,5-11,14H2,1-4H3,(H,15,16)/t12-/m0/s1. The molecule has 0 aromatic carbocycles. The average molecular weight is 290 g/mol. The van der Waals surface area contributed by atoms with Crippen LogP contribution in [0.3, 0.4) is 0 Å². The lowest BCUT2D eigenvalue weighted by Gasteiger charge is -2.16. The summed E-state index contributed by atoms with van der Waals surface area (Å²) in [7, 11) is 0.555. The van der Waals surface area contributed by atoms with E-state index in [9.17, 15) is 4.79 Å². The molecule has 0 aliphatic carbocycles. The molecule has 0 rings (SSSR count). The van der Waals surface area contributed by atoms with E-state index in [0.717, 1.165) is 31.9 Å². The number of nitrogens with one attached hydrogen (secondary N) is 1. The van der Waals surface area contributed by atoms with E-state index >= 15 is 0 Å². The number of hydrogen-bond acceptors (Lipinski definition) is 4. The van der Waals surface area contributed by atoms with E-state index in [2.05, 4.69) is 25.0 Å². The highest BCUT2D eigenvalue weighted by Gasteiger charge is 2.13. The fraction of sp³-hybridized carbons (Fsp3) is 0.923. The number of carbonyl (C=O) groups excluding carboxylic acids is 1. The molecule has 0 fully saturated rings. The van der Waals surface area contributed by atoms with Crippen molar-refractivity contribution in [1.82, 2.24) is 5.32 Å². The van der Waals surface area contributed by atoms with E-state index in [-0.39, 0.29) is 12.1 Å². The Labute approximate surface area is 118 Å². The molecule has 1 atom stereocenters. The fourth-order valence-electron chi connectivity index (χ4n) is 1.49. The van der Waals surface area contributed by atoms with Crippen molar-refractivity contribution in [3.8, 4) is 0 Å². The Kier molecular flexibility index (Phi) is 9.91. The molecule has 0 bridgehead atoms. The number of ether oxygens (including phenoxy) is 2. The first kappa shape index (κ1) is 18.4. The van der Waals surface area contributed by atoms with Crippen LogP contribution in [0.1, 0.15) is 19.3 Å². The third kappa shape index (κ3) is 13.6. The summed E-state index contributed by atoms with van der Waals surface area (Å²) in [6, 6.07) is 1.11. The maximum absolute atomic E-state index is 11.4. The second-order valence-electron chi connectivity index (χ2n) is 6.06. The van der Waals surface area contributed by atoms with Crippen molar-refractivity contribution in [1.29, 1.82) is 0 Å². The van der Waals surface area contributed by atoms with Gasteiger partial charge in [0, 0.05) is 34.4 Å². The van der Waals surface area contributed by atoms with Crippen molar-refractivity contribution >= 4 is 14.2 Å². The topological polar surface area (TPSA) is 73.6 Å². The minimum atomic E-state index is -1.13. The van der Waals surface area contributed by atoms with Crippen LogP contribution in [0.4, 0.5) is 4.79 Å². The van der Waals surface area contributed by atoms with Gasteiger partial charge in [0.2, 0.25) is 0 Å². The molecule has 19 heavy (non-hydrogen) atoms. The number of amides is 1. The second-order valence-corrected chi connectivity index (χ2v) is 11.7. The quantitative estimate of drug-likeness (QED) is 0.478. The highest BCUT2D eigenvalue weighted by molar-refractivity contribution is 6.76. The van der Waals surface area contributed by atoms with Crippen LogP contribution < -0.4 is 11.1 Å². The largest absolute Gasteiger partial charge is 0.450 e. The number of nitrogens with two attached hydrogens (primary N) is 1. The molecule has 114 valence electrons. The molecule has 0 saturated carbocycles. The van der Waals surface area contributed by atoms with Crippen LogP contribution in [0.15, 0.2) is 0 Å². The van der Waals surface area contributed by atoms with Crippen molar-refractivity contribution in [2.75, 3.05) is 26.9 Å². The zero-order chi connectivity index (χ0) is 14.7. The number of hydrogen-bond donors (Lipinski definition) is 2. The van der Waals surface area contributed by atoms with Gasteiger partial charge in [-0.25, -0.2) is 4.79 Å². The lowest BCUT2D eigenvalue weighted by molar-refractivity contribution is 0.151. The van der Waals surface area contributed by atoms with Gasteiger partial charge < -0.3 is 20.5 Å². The highest BCUT2D eigenvalue weighted by Crippen LogP contribution is 2.07. The number of rotatable bonds is 10. The Balaban J connectivity index is 3.47. The number of carbonyl (C=O) groups is 1. The van der Waals surface area contributed by atoms with E-state index in [1.807, 2.05) is 0 Å². The number of methoxy groups -OCH3 is 1. The van der Waals surface area contributed by atoms with Crippen LogP contribution in [-0.2, 0) is 9.47 Å². The van der Waals surface area contributed by atoms with Crippen molar-refractivity contribution in [2.45, 2.75) is 51.0 Å². The zero-order valence-corrected chi connectivity index (χ0v) is 13.8. The lowest BCUT2D eigenvalue weighted by Crippen LogP contribution is -2.32. The highest BCUT2D eigenvalue weighted by atomic mass is 28.3. The van der Waals surface area contributed by atoms with Gasteiger partial charge in [0.1, 0.15) is 0 Å². The molecular formula is C13H30N2O3Si. The van der Waals surface area contributed by atoms with Crippen LogP contribution >= 0.6 is 0 Å². The molecular weight excluding hydrogens is 260 g/mol. The number of alkyl carbamates (subject to hydrolysis) is 1. The summed E-state index contributed by atoms with van der Waals surface area (Å²) in [5.41, 5.74) is 5.92. The summed E-state index contributed by atoms with van der Waals surface area (Å²) < 4.78 is 10.1. The van der Waals surface area contributed by atoms with Gasteiger partial charge in [-0.15, -0.1) is 0 Å². The van der Waals surface area contributed by atoms with E-state index in [0.29, 0.717) is 13.2 Å². The van der Waals surface area contributed by atoms with E-state index in [1.165, 1.54) is 0 Å². The Morgan fingerprint density at radius 3 is 2.53 bits per heavy atom. The average Bonchev–Trinajstić information content (AvgIpc) is 2.27. The fourth-order valence-corrected chi connectivity index (χ4v) is 2.21. The van der Waals surface area contributed by atoms with Crippen molar-refractivity contribution in [3.05, 3.63) is 0 Å². The zero-order valence-electron chi connectivity index (χ0n) is 12.8. The van der Waals surface area contributed by atoms with Gasteiger partial charge in [-0.2, -0.15) is 0 Å². The molecule has 0 heterocycles. The van der Waals surface area contributed by atoms with Gasteiger partial charge in [0.05, 0.1) is 6.61 Å². The molecule has 0 aliphatic rings. The summed E-state index contributed by atoms with van der Waals surface area (Å²) in [6.07, 6.45) is 2.31. The molecule has 3 N–H and O–H groups in total. The van der Waals surface area contributed by atoms with Gasteiger partial charge in [0.15, 0.2) is 0 Å². The monoisotopic (exact) mass is 290 g/mol.